The van der Waals surface area contributed by atoms with Crippen molar-refractivity contribution >= 4 is 5.91 Å². The van der Waals surface area contributed by atoms with Crippen molar-refractivity contribution in [2.45, 2.75) is 6.42 Å². The average Bonchev–Trinajstić information content (AvgIpc) is 2.24. The molecule has 0 saturated heterocycles. The summed E-state index contributed by atoms with van der Waals surface area (Å²) in [6.07, 6.45) is 3.74. The quantitative estimate of drug-likeness (QED) is 0.730. The van der Waals surface area contributed by atoms with Gasteiger partial charge < -0.3 is 11.1 Å². The highest BCUT2D eigenvalue weighted by molar-refractivity contribution is 5.78. The first kappa shape index (κ1) is 12.4. The molecule has 0 heterocycles. The van der Waals surface area contributed by atoms with E-state index in [1.807, 2.05) is 0 Å². The van der Waals surface area contributed by atoms with Gasteiger partial charge in [-0.2, -0.15) is 0 Å². The van der Waals surface area contributed by atoms with Gasteiger partial charge in [0.05, 0.1) is 6.42 Å². The number of hydrogen-bond donors (Lipinski definition) is 2. The van der Waals surface area contributed by atoms with Crippen LogP contribution in [0.3, 0.4) is 0 Å². The lowest BCUT2D eigenvalue weighted by atomic mass is 10.1. The largest absolute Gasteiger partial charge is 0.352 e. The molecule has 0 atom stereocenters. The van der Waals surface area contributed by atoms with Gasteiger partial charge >= 0.3 is 0 Å². The molecule has 0 spiro atoms. The van der Waals surface area contributed by atoms with Gasteiger partial charge in [0.1, 0.15) is 5.82 Å². The molecule has 1 rings (SSSR count). The summed E-state index contributed by atoms with van der Waals surface area (Å²) in [5.41, 5.74) is 5.91. The third kappa shape index (κ3) is 4.70. The van der Waals surface area contributed by atoms with Crippen LogP contribution in [-0.4, -0.2) is 19.0 Å². The van der Waals surface area contributed by atoms with Crippen LogP contribution >= 0.6 is 0 Å². The van der Waals surface area contributed by atoms with Gasteiger partial charge in [-0.05, 0) is 17.7 Å². The van der Waals surface area contributed by atoms with Crippen molar-refractivity contribution in [3.05, 3.63) is 47.8 Å². The SMILES string of the molecule is NC/C=C/CNC(=O)Cc1cccc(F)c1. The molecule has 1 amide bonds. The predicted octanol–water partition coefficient (Wildman–Crippen LogP) is 0.999. The lowest BCUT2D eigenvalue weighted by molar-refractivity contribution is -0.120. The fourth-order valence-corrected chi connectivity index (χ4v) is 1.25. The minimum absolute atomic E-state index is 0.132. The zero-order chi connectivity index (χ0) is 11.8. The first-order valence-electron chi connectivity index (χ1n) is 5.08. The Kier molecular flexibility index (Phi) is 5.22. The summed E-state index contributed by atoms with van der Waals surface area (Å²) < 4.78 is 12.8. The van der Waals surface area contributed by atoms with Crippen molar-refractivity contribution in [3.8, 4) is 0 Å². The number of benzene rings is 1. The van der Waals surface area contributed by atoms with Crippen molar-refractivity contribution in [2.24, 2.45) is 5.73 Å². The van der Waals surface area contributed by atoms with Gasteiger partial charge in [-0.15, -0.1) is 0 Å². The maximum Gasteiger partial charge on any atom is 0.224 e. The molecule has 1 aromatic carbocycles. The standard InChI is InChI=1S/C12H15FN2O/c13-11-5-3-4-10(8-11)9-12(16)15-7-2-1-6-14/h1-5,8H,6-7,9,14H2,(H,15,16)/b2-1+. The van der Waals surface area contributed by atoms with E-state index in [0.29, 0.717) is 18.7 Å². The summed E-state index contributed by atoms with van der Waals surface area (Å²) in [6.45, 7) is 0.908. The average molecular weight is 222 g/mol. The summed E-state index contributed by atoms with van der Waals surface area (Å²) >= 11 is 0. The third-order valence-corrected chi connectivity index (χ3v) is 1.97. The number of carbonyl (C=O) groups excluding carboxylic acids is 1. The van der Waals surface area contributed by atoms with Crippen LogP contribution in [0.15, 0.2) is 36.4 Å². The molecular formula is C12H15FN2O. The van der Waals surface area contributed by atoms with Crippen LogP contribution in [0.25, 0.3) is 0 Å². The van der Waals surface area contributed by atoms with E-state index in [4.69, 9.17) is 5.73 Å². The number of hydrogen-bond acceptors (Lipinski definition) is 2. The van der Waals surface area contributed by atoms with Gasteiger partial charge in [0, 0.05) is 13.1 Å². The number of carbonyl (C=O) groups is 1. The molecular weight excluding hydrogens is 207 g/mol. The monoisotopic (exact) mass is 222 g/mol. The lowest BCUT2D eigenvalue weighted by Gasteiger charge is -2.02. The molecule has 0 aliphatic rings. The fraction of sp³-hybridized carbons (Fsp3) is 0.250. The Morgan fingerprint density at radius 2 is 2.25 bits per heavy atom. The van der Waals surface area contributed by atoms with Crippen LogP contribution in [0.1, 0.15) is 5.56 Å². The lowest BCUT2D eigenvalue weighted by Crippen LogP contribution is -2.25. The normalized spacial score (nSPS) is 10.6. The van der Waals surface area contributed by atoms with Crippen molar-refractivity contribution in [1.82, 2.24) is 5.32 Å². The van der Waals surface area contributed by atoms with Crippen LogP contribution in [-0.2, 0) is 11.2 Å². The molecule has 16 heavy (non-hydrogen) atoms. The zero-order valence-electron chi connectivity index (χ0n) is 8.95. The number of halogens is 1. The smallest absolute Gasteiger partial charge is 0.224 e. The van der Waals surface area contributed by atoms with Gasteiger partial charge in [0.25, 0.3) is 0 Å². The van der Waals surface area contributed by atoms with Gasteiger partial charge in [-0.25, -0.2) is 4.39 Å². The Morgan fingerprint density at radius 1 is 1.44 bits per heavy atom. The summed E-state index contributed by atoms with van der Waals surface area (Å²) in [6, 6.07) is 6.02. The maximum atomic E-state index is 12.8. The second-order valence-electron chi connectivity index (χ2n) is 3.32. The highest BCUT2D eigenvalue weighted by Gasteiger charge is 2.02. The molecule has 0 fully saturated rings. The van der Waals surface area contributed by atoms with Crippen molar-refractivity contribution < 1.29 is 9.18 Å². The van der Waals surface area contributed by atoms with E-state index in [1.165, 1.54) is 12.1 Å². The molecule has 0 aromatic heterocycles. The second kappa shape index (κ2) is 6.74. The van der Waals surface area contributed by atoms with E-state index in [0.717, 1.165) is 0 Å². The Hall–Kier alpha value is -1.68. The van der Waals surface area contributed by atoms with Gasteiger partial charge in [-0.3, -0.25) is 4.79 Å². The maximum absolute atomic E-state index is 12.8. The number of amides is 1. The highest BCUT2D eigenvalue weighted by atomic mass is 19.1. The van der Waals surface area contributed by atoms with Crippen LogP contribution in [0.4, 0.5) is 4.39 Å². The first-order chi connectivity index (χ1) is 7.72. The molecule has 0 saturated carbocycles. The van der Waals surface area contributed by atoms with E-state index in [1.54, 1.807) is 24.3 Å². The molecule has 0 bridgehead atoms. The molecule has 3 nitrogen and oxygen atoms in total. The van der Waals surface area contributed by atoms with Crippen LogP contribution in [0, 0.1) is 5.82 Å². The minimum Gasteiger partial charge on any atom is -0.352 e. The number of nitrogens with two attached hydrogens (primary N) is 1. The first-order valence-corrected chi connectivity index (χ1v) is 5.08. The van der Waals surface area contributed by atoms with Crippen LogP contribution in [0.2, 0.25) is 0 Å². The molecule has 0 aliphatic carbocycles. The van der Waals surface area contributed by atoms with E-state index >= 15 is 0 Å². The van der Waals surface area contributed by atoms with E-state index in [2.05, 4.69) is 5.32 Å². The van der Waals surface area contributed by atoms with Crippen molar-refractivity contribution in [2.75, 3.05) is 13.1 Å². The highest BCUT2D eigenvalue weighted by Crippen LogP contribution is 2.03. The zero-order valence-corrected chi connectivity index (χ0v) is 8.95. The van der Waals surface area contributed by atoms with Gasteiger partial charge in [0.2, 0.25) is 5.91 Å². The van der Waals surface area contributed by atoms with E-state index in [9.17, 15) is 9.18 Å². The van der Waals surface area contributed by atoms with E-state index < -0.39 is 0 Å². The van der Waals surface area contributed by atoms with Crippen LogP contribution in [0.5, 0.6) is 0 Å². The molecule has 86 valence electrons. The molecule has 3 N–H and O–H groups in total. The Bertz CT molecular complexity index is 377. The number of nitrogens with one attached hydrogen (secondary N) is 1. The predicted molar refractivity (Wildman–Crippen MR) is 61.3 cm³/mol. The van der Waals surface area contributed by atoms with Gasteiger partial charge in [0.15, 0.2) is 0 Å². The Labute approximate surface area is 94.1 Å². The Balaban J connectivity index is 2.37. The molecule has 0 unspecified atom stereocenters. The summed E-state index contributed by atoms with van der Waals surface area (Å²) in [5, 5.41) is 2.68. The van der Waals surface area contributed by atoms with Crippen molar-refractivity contribution in [1.29, 1.82) is 0 Å². The minimum atomic E-state index is -0.326. The molecule has 4 heteroatoms. The summed E-state index contributed by atoms with van der Waals surface area (Å²) in [5.74, 6) is -0.458. The third-order valence-electron chi connectivity index (χ3n) is 1.97. The molecule has 0 radical (unpaired) electrons. The molecule has 1 aromatic rings. The fourth-order valence-electron chi connectivity index (χ4n) is 1.25. The van der Waals surface area contributed by atoms with Gasteiger partial charge in [-0.1, -0.05) is 24.3 Å². The second-order valence-corrected chi connectivity index (χ2v) is 3.32. The summed E-state index contributed by atoms with van der Waals surface area (Å²) in [7, 11) is 0. The molecule has 0 aliphatic heterocycles. The Morgan fingerprint density at radius 3 is 2.94 bits per heavy atom. The van der Waals surface area contributed by atoms with E-state index in [-0.39, 0.29) is 18.1 Å². The van der Waals surface area contributed by atoms with Crippen LogP contribution < -0.4 is 11.1 Å². The number of rotatable bonds is 5. The topological polar surface area (TPSA) is 55.1 Å². The van der Waals surface area contributed by atoms with Crippen molar-refractivity contribution in [3.63, 3.8) is 0 Å². The summed E-state index contributed by atoms with van der Waals surface area (Å²) in [4.78, 5) is 11.4.